The number of rotatable bonds is 4. The van der Waals surface area contributed by atoms with Gasteiger partial charge in [-0.15, -0.1) is 0 Å². The first kappa shape index (κ1) is 15.9. The van der Waals surface area contributed by atoms with Gasteiger partial charge in [0.05, 0.1) is 7.11 Å². The number of methoxy groups -OCH3 is 1. The van der Waals surface area contributed by atoms with Gasteiger partial charge in [0.2, 0.25) is 0 Å². The van der Waals surface area contributed by atoms with Gasteiger partial charge in [-0.05, 0) is 48.4 Å². The molecule has 0 aliphatic carbocycles. The second kappa shape index (κ2) is 6.96. The van der Waals surface area contributed by atoms with Crippen molar-refractivity contribution < 1.29 is 9.53 Å². The number of carbonyl (C=O) groups excluding carboxylic acids is 1. The van der Waals surface area contributed by atoms with E-state index in [0.29, 0.717) is 5.02 Å². The predicted molar refractivity (Wildman–Crippen MR) is 88.7 cm³/mol. The summed E-state index contributed by atoms with van der Waals surface area (Å²) in [6.07, 6.45) is 0. The molecule has 0 saturated heterocycles. The first-order valence-electron chi connectivity index (χ1n) is 6.37. The minimum atomic E-state index is -0.592. The van der Waals surface area contributed by atoms with Crippen molar-refractivity contribution in [2.75, 3.05) is 12.4 Å². The Morgan fingerprint density at radius 3 is 2.48 bits per heavy atom. The highest BCUT2D eigenvalue weighted by Crippen LogP contribution is 2.29. The average Bonchev–Trinajstić information content (AvgIpc) is 2.47. The van der Waals surface area contributed by atoms with Gasteiger partial charge in [-0.1, -0.05) is 39.7 Å². The summed E-state index contributed by atoms with van der Waals surface area (Å²) >= 11 is 9.37. The Labute approximate surface area is 137 Å². The van der Waals surface area contributed by atoms with E-state index < -0.39 is 6.04 Å². The number of benzene rings is 2. The van der Waals surface area contributed by atoms with Crippen LogP contribution >= 0.6 is 27.5 Å². The van der Waals surface area contributed by atoms with E-state index in [-0.39, 0.29) is 5.97 Å². The van der Waals surface area contributed by atoms with Crippen LogP contribution in [0, 0.1) is 6.92 Å². The van der Waals surface area contributed by atoms with Crippen LogP contribution in [0.15, 0.2) is 46.9 Å². The maximum absolute atomic E-state index is 12.1. The van der Waals surface area contributed by atoms with Crippen LogP contribution in [0.5, 0.6) is 0 Å². The van der Waals surface area contributed by atoms with E-state index in [4.69, 9.17) is 16.3 Å². The highest BCUT2D eigenvalue weighted by molar-refractivity contribution is 9.10. The number of ether oxygens (including phenoxy) is 1. The lowest BCUT2D eigenvalue weighted by atomic mass is 10.0. The Hall–Kier alpha value is -1.52. The summed E-state index contributed by atoms with van der Waals surface area (Å²) in [6, 6.07) is 12.4. The van der Waals surface area contributed by atoms with Gasteiger partial charge in [-0.2, -0.15) is 0 Å². The summed E-state index contributed by atoms with van der Waals surface area (Å²) < 4.78 is 5.76. The van der Waals surface area contributed by atoms with Crippen molar-refractivity contribution in [3.8, 4) is 0 Å². The molecule has 1 atom stereocenters. The van der Waals surface area contributed by atoms with E-state index >= 15 is 0 Å². The number of aryl methyl sites for hydroxylation is 1. The lowest BCUT2D eigenvalue weighted by molar-refractivity contribution is -0.141. The highest BCUT2D eigenvalue weighted by Gasteiger charge is 2.23. The van der Waals surface area contributed by atoms with Gasteiger partial charge >= 0.3 is 5.97 Å². The van der Waals surface area contributed by atoms with Crippen molar-refractivity contribution in [2.45, 2.75) is 13.0 Å². The second-order valence-electron chi connectivity index (χ2n) is 4.63. The Kier molecular flexibility index (Phi) is 5.26. The first-order chi connectivity index (χ1) is 10.0. The molecule has 110 valence electrons. The van der Waals surface area contributed by atoms with E-state index in [2.05, 4.69) is 21.2 Å². The third-order valence-corrected chi connectivity index (χ3v) is 4.00. The predicted octanol–water partition coefficient (Wildman–Crippen LogP) is 4.74. The Bertz CT molecular complexity index is 643. The molecule has 0 spiro atoms. The van der Waals surface area contributed by atoms with Crippen molar-refractivity contribution in [3.63, 3.8) is 0 Å². The highest BCUT2D eigenvalue weighted by atomic mass is 79.9. The number of esters is 1. The number of nitrogens with one attached hydrogen (secondary N) is 1. The Balaban J connectivity index is 2.34. The fraction of sp³-hybridized carbons (Fsp3) is 0.188. The fourth-order valence-electron chi connectivity index (χ4n) is 1.96. The fourth-order valence-corrected chi connectivity index (χ4v) is 2.81. The zero-order valence-corrected chi connectivity index (χ0v) is 14.0. The molecule has 0 amide bonds. The lowest BCUT2D eigenvalue weighted by Crippen LogP contribution is -2.22. The zero-order chi connectivity index (χ0) is 15.4. The van der Waals surface area contributed by atoms with E-state index in [1.54, 1.807) is 12.1 Å². The van der Waals surface area contributed by atoms with Crippen LogP contribution in [-0.2, 0) is 9.53 Å². The smallest absolute Gasteiger partial charge is 0.333 e. The summed E-state index contributed by atoms with van der Waals surface area (Å²) in [5.74, 6) is -0.352. The van der Waals surface area contributed by atoms with Crippen LogP contribution in [0.4, 0.5) is 5.69 Å². The number of hydrogen-bond acceptors (Lipinski definition) is 3. The molecular formula is C16H15BrClNO2. The molecule has 0 aliphatic rings. The summed E-state index contributed by atoms with van der Waals surface area (Å²) in [6.45, 7) is 1.99. The van der Waals surface area contributed by atoms with E-state index in [9.17, 15) is 4.79 Å². The van der Waals surface area contributed by atoms with Gasteiger partial charge in [0.15, 0.2) is 6.04 Å². The maximum atomic E-state index is 12.1. The summed E-state index contributed by atoms with van der Waals surface area (Å²) in [4.78, 5) is 12.1. The first-order valence-corrected chi connectivity index (χ1v) is 7.54. The molecule has 5 heteroatoms. The zero-order valence-electron chi connectivity index (χ0n) is 11.7. The number of hydrogen-bond donors (Lipinski definition) is 1. The van der Waals surface area contributed by atoms with Crippen LogP contribution in [0.1, 0.15) is 17.2 Å². The standard InChI is InChI=1S/C16H15BrClNO2/c1-10-3-8-13(14(17)9-10)15(16(20)21-2)19-12-6-4-11(18)5-7-12/h3-9,15,19H,1-2H3. The largest absolute Gasteiger partial charge is 0.467 e. The molecule has 2 aromatic carbocycles. The van der Waals surface area contributed by atoms with Gasteiger partial charge in [0.1, 0.15) is 0 Å². The Morgan fingerprint density at radius 2 is 1.90 bits per heavy atom. The molecule has 0 bridgehead atoms. The summed E-state index contributed by atoms with van der Waals surface area (Å²) in [5.41, 5.74) is 2.73. The average molecular weight is 369 g/mol. The minimum Gasteiger partial charge on any atom is -0.467 e. The van der Waals surface area contributed by atoms with Crippen molar-refractivity contribution >= 4 is 39.2 Å². The minimum absolute atomic E-state index is 0.352. The second-order valence-corrected chi connectivity index (χ2v) is 5.92. The molecular weight excluding hydrogens is 354 g/mol. The van der Waals surface area contributed by atoms with Gasteiger partial charge in [-0.25, -0.2) is 4.79 Å². The molecule has 1 N–H and O–H groups in total. The third kappa shape index (κ3) is 3.99. The van der Waals surface area contributed by atoms with Crippen LogP contribution in [0.25, 0.3) is 0 Å². The molecule has 0 radical (unpaired) electrons. The van der Waals surface area contributed by atoms with Crippen LogP contribution in [0.2, 0.25) is 5.02 Å². The maximum Gasteiger partial charge on any atom is 0.333 e. The van der Waals surface area contributed by atoms with Crippen molar-refractivity contribution in [2.24, 2.45) is 0 Å². The topological polar surface area (TPSA) is 38.3 Å². The number of halogens is 2. The van der Waals surface area contributed by atoms with Gasteiger partial charge in [-0.3, -0.25) is 0 Å². The van der Waals surface area contributed by atoms with E-state index in [0.717, 1.165) is 21.3 Å². The molecule has 0 aliphatic heterocycles. The van der Waals surface area contributed by atoms with E-state index in [1.165, 1.54) is 7.11 Å². The SMILES string of the molecule is COC(=O)C(Nc1ccc(Cl)cc1)c1ccc(C)cc1Br. The quantitative estimate of drug-likeness (QED) is 0.792. The normalized spacial score (nSPS) is 11.8. The number of carbonyl (C=O) groups is 1. The van der Waals surface area contributed by atoms with Crippen LogP contribution in [0.3, 0.4) is 0 Å². The van der Waals surface area contributed by atoms with E-state index in [1.807, 2.05) is 37.3 Å². The number of anilines is 1. The molecule has 3 nitrogen and oxygen atoms in total. The van der Waals surface area contributed by atoms with Crippen LogP contribution in [-0.4, -0.2) is 13.1 Å². The van der Waals surface area contributed by atoms with Crippen molar-refractivity contribution in [3.05, 3.63) is 63.1 Å². The molecule has 21 heavy (non-hydrogen) atoms. The van der Waals surface area contributed by atoms with Gasteiger partial charge < -0.3 is 10.1 Å². The molecule has 0 fully saturated rings. The lowest BCUT2D eigenvalue weighted by Gasteiger charge is -2.19. The molecule has 0 aromatic heterocycles. The third-order valence-electron chi connectivity index (χ3n) is 3.06. The molecule has 0 saturated carbocycles. The summed E-state index contributed by atoms with van der Waals surface area (Å²) in [5, 5.41) is 3.82. The van der Waals surface area contributed by atoms with Crippen molar-refractivity contribution in [1.29, 1.82) is 0 Å². The Morgan fingerprint density at radius 1 is 1.24 bits per heavy atom. The molecule has 0 heterocycles. The van der Waals surface area contributed by atoms with Crippen molar-refractivity contribution in [1.82, 2.24) is 0 Å². The monoisotopic (exact) mass is 367 g/mol. The van der Waals surface area contributed by atoms with Crippen LogP contribution < -0.4 is 5.32 Å². The molecule has 2 rings (SSSR count). The summed E-state index contributed by atoms with van der Waals surface area (Å²) in [7, 11) is 1.38. The molecule has 1 unspecified atom stereocenters. The van der Waals surface area contributed by atoms with Gasteiger partial charge in [0, 0.05) is 15.2 Å². The molecule has 2 aromatic rings. The van der Waals surface area contributed by atoms with Gasteiger partial charge in [0.25, 0.3) is 0 Å².